The molecule has 1 spiro atoms. The van der Waals surface area contributed by atoms with Gasteiger partial charge in [0.1, 0.15) is 29.3 Å². The highest BCUT2D eigenvalue weighted by molar-refractivity contribution is 6.15. The average Bonchev–Trinajstić information content (AvgIpc) is 3.03. The van der Waals surface area contributed by atoms with Gasteiger partial charge >= 0.3 is 17.9 Å². The summed E-state index contributed by atoms with van der Waals surface area (Å²) in [6.45, 7) is 3.15. The molecule has 0 unspecified atom stereocenters. The number of anilines is 1. The lowest BCUT2D eigenvalue weighted by Crippen LogP contribution is -2.47. The second-order valence-corrected chi connectivity index (χ2v) is 7.31. The number of ether oxygens (including phenoxy) is 3. The van der Waals surface area contributed by atoms with Crippen LogP contribution in [0.3, 0.4) is 0 Å². The van der Waals surface area contributed by atoms with E-state index in [9.17, 15) is 14.4 Å². The van der Waals surface area contributed by atoms with Crippen LogP contribution in [-0.4, -0.2) is 24.5 Å². The van der Waals surface area contributed by atoms with Crippen LogP contribution < -0.4 is 11.1 Å². The number of benzene rings is 2. The molecule has 0 fully saturated rings. The van der Waals surface area contributed by atoms with E-state index >= 15 is 0 Å². The Bertz CT molecular complexity index is 1170. The number of esters is 3. The zero-order chi connectivity index (χ0) is 22.9. The third-order valence-electron chi connectivity index (χ3n) is 5.42. The number of allylic oxidation sites excluding steroid dienone is 1. The largest absolute Gasteiger partial charge is 0.462 e. The second-order valence-electron chi connectivity index (χ2n) is 7.31. The summed E-state index contributed by atoms with van der Waals surface area (Å²) in [5.41, 5.74) is 5.58. The zero-order valence-corrected chi connectivity index (χ0v) is 17.6. The molecule has 4 rings (SSSR count). The lowest BCUT2D eigenvalue weighted by atomic mass is 9.67. The molecule has 0 aliphatic carbocycles. The Morgan fingerprint density at radius 3 is 2.38 bits per heavy atom. The van der Waals surface area contributed by atoms with E-state index in [2.05, 4.69) is 5.32 Å². The number of fused-ring (bicyclic) bond motifs is 2. The molecule has 2 aliphatic rings. The molecule has 2 heterocycles. The topological polar surface area (TPSA) is 117 Å². The summed E-state index contributed by atoms with van der Waals surface area (Å²) < 4.78 is 16.1. The molecular formula is C24H22N2O6. The molecule has 0 radical (unpaired) electrons. The number of hydrogen-bond donors (Lipinski definition) is 2. The smallest absolute Gasteiger partial charge is 0.339 e. The first kappa shape index (κ1) is 21.2. The SMILES string of the molecule is CCOC(=O)C1=C(N)Nc2ccccc2[C@@]12C(=O)OC(C)=C2C(=O)OCc1ccccc1. The number of para-hydroxylation sites is 1. The van der Waals surface area contributed by atoms with Gasteiger partial charge in [-0.2, -0.15) is 0 Å². The van der Waals surface area contributed by atoms with Crippen LogP contribution in [0.5, 0.6) is 0 Å². The van der Waals surface area contributed by atoms with Crippen molar-refractivity contribution in [1.29, 1.82) is 0 Å². The van der Waals surface area contributed by atoms with E-state index in [0.29, 0.717) is 11.3 Å². The summed E-state index contributed by atoms with van der Waals surface area (Å²) in [6.07, 6.45) is 0. The van der Waals surface area contributed by atoms with E-state index in [1.54, 1.807) is 31.2 Å². The lowest BCUT2D eigenvalue weighted by Gasteiger charge is -2.35. The van der Waals surface area contributed by atoms with Crippen molar-refractivity contribution in [3.8, 4) is 0 Å². The molecular weight excluding hydrogens is 412 g/mol. The van der Waals surface area contributed by atoms with Crippen molar-refractivity contribution in [2.75, 3.05) is 11.9 Å². The maximum Gasteiger partial charge on any atom is 0.339 e. The monoisotopic (exact) mass is 434 g/mol. The summed E-state index contributed by atoms with van der Waals surface area (Å²) in [5, 5.41) is 2.93. The fraction of sp³-hybridized carbons (Fsp3) is 0.208. The Hall–Kier alpha value is -4.07. The lowest BCUT2D eigenvalue weighted by molar-refractivity contribution is -0.147. The minimum Gasteiger partial charge on any atom is -0.462 e. The molecule has 32 heavy (non-hydrogen) atoms. The summed E-state index contributed by atoms with van der Waals surface area (Å²) in [4.78, 5) is 39.7. The number of nitrogens with one attached hydrogen (secondary N) is 1. The molecule has 1 atom stereocenters. The summed E-state index contributed by atoms with van der Waals surface area (Å²) in [6, 6.07) is 15.9. The minimum atomic E-state index is -1.91. The molecule has 164 valence electrons. The first-order chi connectivity index (χ1) is 15.4. The van der Waals surface area contributed by atoms with Crippen LogP contribution in [0.25, 0.3) is 0 Å². The quantitative estimate of drug-likeness (QED) is 0.545. The van der Waals surface area contributed by atoms with Gasteiger partial charge in [0.2, 0.25) is 0 Å². The van der Waals surface area contributed by atoms with Crippen molar-refractivity contribution in [1.82, 2.24) is 0 Å². The fourth-order valence-electron chi connectivity index (χ4n) is 4.13. The molecule has 0 saturated heterocycles. The Balaban J connectivity index is 1.86. The molecule has 0 aromatic heterocycles. The number of nitrogens with two attached hydrogens (primary N) is 1. The van der Waals surface area contributed by atoms with Crippen molar-refractivity contribution in [3.05, 3.63) is 88.5 Å². The van der Waals surface area contributed by atoms with Gasteiger partial charge in [-0.05, 0) is 25.5 Å². The van der Waals surface area contributed by atoms with Crippen LogP contribution in [-0.2, 0) is 40.6 Å². The molecule has 0 amide bonds. The number of hydrogen-bond acceptors (Lipinski definition) is 8. The predicted octanol–water partition coefficient (Wildman–Crippen LogP) is 2.66. The first-order valence-electron chi connectivity index (χ1n) is 10.1. The van der Waals surface area contributed by atoms with E-state index in [4.69, 9.17) is 19.9 Å². The number of carbonyl (C=O) groups is 3. The highest BCUT2D eigenvalue weighted by Gasteiger charge is 2.62. The van der Waals surface area contributed by atoms with Crippen LogP contribution in [0, 0.1) is 0 Å². The Morgan fingerprint density at radius 1 is 1.00 bits per heavy atom. The van der Waals surface area contributed by atoms with Crippen molar-refractivity contribution in [2.45, 2.75) is 25.9 Å². The predicted molar refractivity (Wildman–Crippen MR) is 115 cm³/mol. The molecule has 2 aliphatic heterocycles. The summed E-state index contributed by atoms with van der Waals surface area (Å²) in [7, 11) is 0. The Kier molecular flexibility index (Phi) is 5.44. The third kappa shape index (κ3) is 3.20. The van der Waals surface area contributed by atoms with Crippen molar-refractivity contribution < 1.29 is 28.6 Å². The number of cyclic esters (lactones) is 1. The normalized spacial score (nSPS) is 19.4. The van der Waals surface area contributed by atoms with Gasteiger partial charge in [-0.15, -0.1) is 0 Å². The van der Waals surface area contributed by atoms with Crippen LogP contribution in [0.15, 0.2) is 77.3 Å². The van der Waals surface area contributed by atoms with Gasteiger partial charge in [-0.1, -0.05) is 48.5 Å². The van der Waals surface area contributed by atoms with Crippen LogP contribution in [0.1, 0.15) is 25.0 Å². The van der Waals surface area contributed by atoms with E-state index in [1.807, 2.05) is 30.3 Å². The van der Waals surface area contributed by atoms with Gasteiger partial charge in [0, 0.05) is 11.3 Å². The van der Waals surface area contributed by atoms with Gasteiger partial charge in [0.05, 0.1) is 6.61 Å². The van der Waals surface area contributed by atoms with Gasteiger partial charge < -0.3 is 25.3 Å². The van der Waals surface area contributed by atoms with Gasteiger partial charge in [0.15, 0.2) is 5.41 Å². The molecule has 2 aromatic rings. The number of rotatable bonds is 5. The van der Waals surface area contributed by atoms with Crippen LogP contribution in [0.4, 0.5) is 5.69 Å². The van der Waals surface area contributed by atoms with Crippen molar-refractivity contribution in [3.63, 3.8) is 0 Å². The van der Waals surface area contributed by atoms with Gasteiger partial charge in [0.25, 0.3) is 0 Å². The summed E-state index contributed by atoms with van der Waals surface area (Å²) >= 11 is 0. The fourth-order valence-corrected chi connectivity index (χ4v) is 4.13. The Morgan fingerprint density at radius 2 is 1.66 bits per heavy atom. The maximum absolute atomic E-state index is 13.4. The van der Waals surface area contributed by atoms with E-state index < -0.39 is 23.3 Å². The minimum absolute atomic E-state index is 0.0193. The Labute approximate surface area is 184 Å². The summed E-state index contributed by atoms with van der Waals surface area (Å²) in [5.74, 6) is -2.49. The molecule has 8 nitrogen and oxygen atoms in total. The number of carbonyl (C=O) groups excluding carboxylic acids is 3. The van der Waals surface area contributed by atoms with E-state index in [-0.39, 0.29) is 35.9 Å². The molecule has 3 N–H and O–H groups in total. The maximum atomic E-state index is 13.4. The van der Waals surface area contributed by atoms with Crippen LogP contribution >= 0.6 is 0 Å². The highest BCUT2D eigenvalue weighted by atomic mass is 16.6. The second kappa shape index (κ2) is 8.22. The van der Waals surface area contributed by atoms with Crippen molar-refractivity contribution in [2.24, 2.45) is 5.73 Å². The molecule has 8 heteroatoms. The average molecular weight is 434 g/mol. The highest BCUT2D eigenvalue weighted by Crippen LogP contribution is 2.52. The molecule has 2 aromatic carbocycles. The zero-order valence-electron chi connectivity index (χ0n) is 17.6. The third-order valence-corrected chi connectivity index (χ3v) is 5.42. The molecule has 0 bridgehead atoms. The van der Waals surface area contributed by atoms with E-state index in [0.717, 1.165) is 5.56 Å². The van der Waals surface area contributed by atoms with Gasteiger partial charge in [-0.3, -0.25) is 0 Å². The standard InChI is InChI=1S/C24H22N2O6/c1-3-30-22(28)19-20(25)26-17-12-8-7-11-16(17)24(19)18(14(2)32-23(24)29)21(27)31-13-15-9-5-4-6-10-15/h4-12,26H,3,13,25H2,1-2H3/t24-/m0/s1. The van der Waals surface area contributed by atoms with Crippen LogP contribution in [0.2, 0.25) is 0 Å². The van der Waals surface area contributed by atoms with Crippen molar-refractivity contribution >= 4 is 23.6 Å². The first-order valence-corrected chi connectivity index (χ1v) is 10.1. The molecule has 0 saturated carbocycles. The van der Waals surface area contributed by atoms with E-state index in [1.165, 1.54) is 6.92 Å². The van der Waals surface area contributed by atoms with Gasteiger partial charge in [-0.25, -0.2) is 14.4 Å².